The van der Waals surface area contributed by atoms with Crippen LogP contribution in [0.5, 0.6) is 0 Å². The number of hydrogen-bond acceptors (Lipinski definition) is 6. The Hall–Kier alpha value is -3.88. The van der Waals surface area contributed by atoms with Crippen LogP contribution in [0.4, 0.5) is 10.5 Å². The van der Waals surface area contributed by atoms with E-state index in [1.165, 1.54) is 30.5 Å². The van der Waals surface area contributed by atoms with Gasteiger partial charge in [-0.1, -0.05) is 12.1 Å². The number of nitrogens with one attached hydrogen (secondary N) is 3. The minimum absolute atomic E-state index is 0.124. The molecule has 0 spiro atoms. The molecule has 1 aromatic carbocycles. The van der Waals surface area contributed by atoms with Gasteiger partial charge in [-0.05, 0) is 36.8 Å². The molecule has 0 unspecified atom stereocenters. The molecule has 0 aliphatic carbocycles. The second-order valence-electron chi connectivity index (χ2n) is 5.58. The molecular formula is C19H19N3O6. The average molecular weight is 385 g/mol. The van der Waals surface area contributed by atoms with Crippen molar-refractivity contribution in [3.63, 3.8) is 0 Å². The number of furan rings is 1. The van der Waals surface area contributed by atoms with E-state index in [2.05, 4.69) is 17.2 Å². The number of ether oxygens (including phenoxy) is 1. The number of hydrogen-bond donors (Lipinski definition) is 3. The molecule has 3 N–H and O–H groups in total. The maximum absolute atomic E-state index is 12.1. The van der Waals surface area contributed by atoms with Gasteiger partial charge in [0.1, 0.15) is 0 Å². The summed E-state index contributed by atoms with van der Waals surface area (Å²) in [6, 6.07) is 6.91. The monoisotopic (exact) mass is 385 g/mol. The lowest BCUT2D eigenvalue weighted by Gasteiger charge is -2.10. The fraction of sp³-hybridized carbons (Fsp3) is 0.158. The Morgan fingerprint density at radius 3 is 2.68 bits per heavy atom. The number of amides is 4. The van der Waals surface area contributed by atoms with Crippen molar-refractivity contribution in [2.24, 2.45) is 0 Å². The standard InChI is InChI=1S/C19H19N3O6/c1-3-8-20-19(26)22-16(23)11-28-18(25)13-7-6-12(2)14(10-13)21-17(24)15-5-4-9-27-15/h3-7,9-10H,1,8,11H2,2H3,(H,21,24)(H2,20,22,23,26). The van der Waals surface area contributed by atoms with Crippen molar-refractivity contribution in [3.8, 4) is 0 Å². The van der Waals surface area contributed by atoms with Crippen LogP contribution >= 0.6 is 0 Å². The molecule has 0 aliphatic heterocycles. The molecule has 0 fully saturated rings. The Balaban J connectivity index is 1.94. The number of benzene rings is 1. The topological polar surface area (TPSA) is 127 Å². The van der Waals surface area contributed by atoms with E-state index >= 15 is 0 Å². The Kier molecular flexibility index (Phi) is 7.09. The number of imide groups is 1. The van der Waals surface area contributed by atoms with Crippen LogP contribution in [-0.2, 0) is 9.53 Å². The van der Waals surface area contributed by atoms with Crippen LogP contribution in [0, 0.1) is 6.92 Å². The molecule has 0 radical (unpaired) electrons. The third kappa shape index (κ3) is 5.84. The highest BCUT2D eigenvalue weighted by Gasteiger charge is 2.15. The van der Waals surface area contributed by atoms with Gasteiger partial charge < -0.3 is 19.8 Å². The number of rotatable bonds is 7. The zero-order valence-electron chi connectivity index (χ0n) is 15.1. The SMILES string of the molecule is C=CCNC(=O)NC(=O)COC(=O)c1ccc(C)c(NC(=O)c2ccco2)c1. The number of aryl methyl sites for hydroxylation is 1. The van der Waals surface area contributed by atoms with E-state index in [0.717, 1.165) is 0 Å². The number of urea groups is 1. The third-order valence-electron chi connectivity index (χ3n) is 3.46. The molecule has 4 amide bonds. The molecule has 1 heterocycles. The Morgan fingerprint density at radius 2 is 2.00 bits per heavy atom. The highest BCUT2D eigenvalue weighted by atomic mass is 16.5. The molecule has 2 rings (SSSR count). The normalized spacial score (nSPS) is 9.89. The van der Waals surface area contributed by atoms with Gasteiger partial charge in [-0.2, -0.15) is 0 Å². The zero-order valence-corrected chi connectivity index (χ0v) is 15.1. The first-order chi connectivity index (χ1) is 13.4. The summed E-state index contributed by atoms with van der Waals surface area (Å²) in [7, 11) is 0. The summed E-state index contributed by atoms with van der Waals surface area (Å²) < 4.78 is 9.90. The number of carbonyl (C=O) groups is 4. The maximum atomic E-state index is 12.1. The van der Waals surface area contributed by atoms with Crippen molar-refractivity contribution in [2.75, 3.05) is 18.5 Å². The first kappa shape index (κ1) is 20.4. The van der Waals surface area contributed by atoms with Crippen LogP contribution in [0.2, 0.25) is 0 Å². The quantitative estimate of drug-likeness (QED) is 0.494. The van der Waals surface area contributed by atoms with E-state index in [1.807, 2.05) is 5.32 Å². The van der Waals surface area contributed by atoms with E-state index < -0.39 is 30.4 Å². The molecule has 0 aliphatic rings. The van der Waals surface area contributed by atoms with Crippen molar-refractivity contribution >= 4 is 29.5 Å². The van der Waals surface area contributed by atoms with Crippen LogP contribution in [-0.4, -0.2) is 37.0 Å². The lowest BCUT2D eigenvalue weighted by Crippen LogP contribution is -2.41. The van der Waals surface area contributed by atoms with Gasteiger partial charge in [-0.25, -0.2) is 9.59 Å². The van der Waals surface area contributed by atoms with Crippen molar-refractivity contribution in [3.05, 3.63) is 66.1 Å². The zero-order chi connectivity index (χ0) is 20.5. The molecular weight excluding hydrogens is 366 g/mol. The van der Waals surface area contributed by atoms with Crippen LogP contribution < -0.4 is 16.0 Å². The van der Waals surface area contributed by atoms with Gasteiger partial charge >= 0.3 is 12.0 Å². The molecule has 0 atom stereocenters. The molecule has 2 aromatic rings. The minimum Gasteiger partial charge on any atom is -0.459 e. The number of anilines is 1. The number of esters is 1. The fourth-order valence-electron chi connectivity index (χ4n) is 2.06. The van der Waals surface area contributed by atoms with Gasteiger partial charge in [0, 0.05) is 12.2 Å². The van der Waals surface area contributed by atoms with Crippen molar-refractivity contribution in [1.29, 1.82) is 0 Å². The van der Waals surface area contributed by atoms with Gasteiger partial charge in [0.2, 0.25) is 0 Å². The Morgan fingerprint density at radius 1 is 1.21 bits per heavy atom. The lowest BCUT2D eigenvalue weighted by molar-refractivity contribution is -0.123. The summed E-state index contributed by atoms with van der Waals surface area (Å²) in [5.74, 6) is -1.91. The van der Waals surface area contributed by atoms with Gasteiger partial charge in [0.05, 0.1) is 11.8 Å². The van der Waals surface area contributed by atoms with Gasteiger partial charge in [0.15, 0.2) is 12.4 Å². The van der Waals surface area contributed by atoms with Crippen LogP contribution in [0.25, 0.3) is 0 Å². The number of carbonyl (C=O) groups excluding carboxylic acids is 4. The van der Waals surface area contributed by atoms with E-state index in [1.54, 1.807) is 19.1 Å². The highest BCUT2D eigenvalue weighted by Crippen LogP contribution is 2.19. The summed E-state index contributed by atoms with van der Waals surface area (Å²) in [5.41, 5.74) is 1.24. The minimum atomic E-state index is -0.784. The molecule has 0 saturated carbocycles. The van der Waals surface area contributed by atoms with Gasteiger partial charge in [-0.3, -0.25) is 14.9 Å². The first-order valence-electron chi connectivity index (χ1n) is 8.22. The summed E-state index contributed by atoms with van der Waals surface area (Å²) in [5, 5.41) is 6.99. The fourth-order valence-corrected chi connectivity index (χ4v) is 2.06. The van der Waals surface area contributed by atoms with Crippen LogP contribution in [0.3, 0.4) is 0 Å². The third-order valence-corrected chi connectivity index (χ3v) is 3.46. The van der Waals surface area contributed by atoms with E-state index in [-0.39, 0.29) is 17.9 Å². The highest BCUT2D eigenvalue weighted by molar-refractivity contribution is 6.03. The van der Waals surface area contributed by atoms with Crippen molar-refractivity contribution in [1.82, 2.24) is 10.6 Å². The second-order valence-corrected chi connectivity index (χ2v) is 5.58. The smallest absolute Gasteiger partial charge is 0.338 e. The Bertz CT molecular complexity index is 889. The van der Waals surface area contributed by atoms with E-state index in [4.69, 9.17) is 9.15 Å². The molecule has 9 nitrogen and oxygen atoms in total. The molecule has 0 bridgehead atoms. The maximum Gasteiger partial charge on any atom is 0.338 e. The molecule has 28 heavy (non-hydrogen) atoms. The van der Waals surface area contributed by atoms with Crippen LogP contribution in [0.15, 0.2) is 53.7 Å². The predicted molar refractivity (Wildman–Crippen MR) is 99.9 cm³/mol. The van der Waals surface area contributed by atoms with Gasteiger partial charge in [0.25, 0.3) is 11.8 Å². The summed E-state index contributed by atoms with van der Waals surface area (Å²) in [6.07, 6.45) is 2.82. The summed E-state index contributed by atoms with van der Waals surface area (Å²) in [6.45, 7) is 4.73. The lowest BCUT2D eigenvalue weighted by atomic mass is 10.1. The van der Waals surface area contributed by atoms with Crippen molar-refractivity contribution < 1.29 is 28.3 Å². The van der Waals surface area contributed by atoms with Gasteiger partial charge in [-0.15, -0.1) is 6.58 Å². The van der Waals surface area contributed by atoms with Crippen LogP contribution in [0.1, 0.15) is 26.5 Å². The summed E-state index contributed by atoms with van der Waals surface area (Å²) >= 11 is 0. The second kappa shape index (κ2) is 9.72. The predicted octanol–water partition coefficient (Wildman–Crippen LogP) is 2.01. The summed E-state index contributed by atoms with van der Waals surface area (Å²) in [4.78, 5) is 47.2. The molecule has 0 saturated heterocycles. The molecule has 9 heteroatoms. The van der Waals surface area contributed by atoms with Crippen molar-refractivity contribution in [2.45, 2.75) is 6.92 Å². The Labute approximate surface area is 160 Å². The molecule has 1 aromatic heterocycles. The molecule has 146 valence electrons. The average Bonchev–Trinajstić information content (AvgIpc) is 3.21. The van der Waals surface area contributed by atoms with E-state index in [0.29, 0.717) is 11.3 Å². The van der Waals surface area contributed by atoms with E-state index in [9.17, 15) is 19.2 Å². The largest absolute Gasteiger partial charge is 0.459 e. The first-order valence-corrected chi connectivity index (χ1v) is 8.22.